The van der Waals surface area contributed by atoms with Gasteiger partial charge in [-0.2, -0.15) is 10.2 Å². The van der Waals surface area contributed by atoms with E-state index in [1.807, 2.05) is 39.5 Å². The number of hydrogen-bond acceptors (Lipinski definition) is 3. The molecule has 110 valence electrons. The maximum atomic E-state index is 10.3. The second-order valence-electron chi connectivity index (χ2n) is 5.30. The number of hydrogen-bond donors (Lipinski definition) is 1. The van der Waals surface area contributed by atoms with Crippen molar-refractivity contribution >= 4 is 11.6 Å². The van der Waals surface area contributed by atoms with Gasteiger partial charge in [0.25, 0.3) is 0 Å². The molecule has 0 radical (unpaired) electrons. The van der Waals surface area contributed by atoms with Crippen LogP contribution in [-0.2, 0) is 26.9 Å². The van der Waals surface area contributed by atoms with Gasteiger partial charge in [0.05, 0.1) is 28.2 Å². The second kappa shape index (κ2) is 5.58. The van der Waals surface area contributed by atoms with Crippen molar-refractivity contribution in [3.63, 3.8) is 0 Å². The smallest absolute Gasteiger partial charge is 0.0847 e. The minimum absolute atomic E-state index is 0.490. The van der Waals surface area contributed by atoms with E-state index in [0.717, 1.165) is 28.3 Å². The molecule has 2 aromatic rings. The fourth-order valence-corrected chi connectivity index (χ4v) is 2.78. The van der Waals surface area contributed by atoms with Crippen LogP contribution in [-0.4, -0.2) is 30.8 Å². The maximum Gasteiger partial charge on any atom is 0.0847 e. The lowest BCUT2D eigenvalue weighted by Crippen LogP contribution is -2.17. The molecule has 1 atom stereocenters. The summed E-state index contributed by atoms with van der Waals surface area (Å²) in [4.78, 5) is 0. The number of nitrogens with zero attached hydrogens (tertiary/aromatic N) is 4. The molecule has 6 heteroatoms. The van der Waals surface area contributed by atoms with Crippen LogP contribution in [0.4, 0.5) is 0 Å². The Morgan fingerprint density at radius 1 is 1.05 bits per heavy atom. The highest BCUT2D eigenvalue weighted by Crippen LogP contribution is 2.22. The van der Waals surface area contributed by atoms with Crippen molar-refractivity contribution in [3.8, 4) is 0 Å². The normalized spacial score (nSPS) is 12.9. The number of aromatic nitrogens is 4. The zero-order chi connectivity index (χ0) is 15.0. The zero-order valence-corrected chi connectivity index (χ0v) is 13.4. The Bertz CT molecular complexity index is 575. The van der Waals surface area contributed by atoms with Gasteiger partial charge in [-0.05, 0) is 26.3 Å². The van der Waals surface area contributed by atoms with Crippen LogP contribution in [0.2, 0.25) is 5.02 Å². The molecule has 5 nitrogen and oxygen atoms in total. The van der Waals surface area contributed by atoms with Gasteiger partial charge in [-0.25, -0.2) is 0 Å². The van der Waals surface area contributed by atoms with Crippen molar-refractivity contribution in [1.82, 2.24) is 19.6 Å². The van der Waals surface area contributed by atoms with Crippen LogP contribution < -0.4 is 0 Å². The number of aliphatic hydroxyl groups is 1. The number of rotatable bonds is 4. The van der Waals surface area contributed by atoms with E-state index in [0.29, 0.717) is 17.9 Å². The van der Waals surface area contributed by atoms with Crippen LogP contribution in [0.5, 0.6) is 0 Å². The summed E-state index contributed by atoms with van der Waals surface area (Å²) < 4.78 is 3.59. The molecule has 0 aliphatic carbocycles. The molecule has 2 heterocycles. The topological polar surface area (TPSA) is 55.9 Å². The quantitative estimate of drug-likeness (QED) is 0.937. The van der Waals surface area contributed by atoms with E-state index in [2.05, 4.69) is 10.2 Å². The molecule has 0 fully saturated rings. The maximum absolute atomic E-state index is 10.3. The lowest BCUT2D eigenvalue weighted by molar-refractivity contribution is 0.172. The van der Waals surface area contributed by atoms with Crippen molar-refractivity contribution in [2.45, 2.75) is 39.7 Å². The predicted octanol–water partition coefficient (Wildman–Crippen LogP) is 1.88. The lowest BCUT2D eigenvalue weighted by Gasteiger charge is -2.11. The summed E-state index contributed by atoms with van der Waals surface area (Å²) in [6.07, 6.45) is 0.569. The van der Waals surface area contributed by atoms with Crippen molar-refractivity contribution in [2.75, 3.05) is 0 Å². The van der Waals surface area contributed by atoms with E-state index in [1.165, 1.54) is 0 Å². The molecule has 0 aromatic carbocycles. The summed E-state index contributed by atoms with van der Waals surface area (Å²) in [6.45, 7) is 5.85. The summed E-state index contributed by atoms with van der Waals surface area (Å²) in [7, 11) is 3.76. The molecular weight excluding hydrogens is 276 g/mol. The Morgan fingerprint density at radius 3 is 2.10 bits per heavy atom. The van der Waals surface area contributed by atoms with Gasteiger partial charge in [-0.15, -0.1) is 0 Å². The molecule has 2 rings (SSSR count). The van der Waals surface area contributed by atoms with Gasteiger partial charge in [0, 0.05) is 32.6 Å². The minimum Gasteiger partial charge on any atom is -0.392 e. The molecule has 20 heavy (non-hydrogen) atoms. The van der Waals surface area contributed by atoms with Gasteiger partial charge in [0.2, 0.25) is 0 Å². The van der Waals surface area contributed by atoms with E-state index in [9.17, 15) is 5.11 Å². The molecule has 1 N–H and O–H groups in total. The molecule has 0 aliphatic rings. The molecule has 0 amide bonds. The third-order valence-corrected chi connectivity index (χ3v) is 4.28. The van der Waals surface area contributed by atoms with E-state index >= 15 is 0 Å². The Morgan fingerprint density at radius 2 is 1.65 bits per heavy atom. The van der Waals surface area contributed by atoms with Crippen molar-refractivity contribution in [3.05, 3.63) is 33.4 Å². The van der Waals surface area contributed by atoms with Crippen molar-refractivity contribution in [1.29, 1.82) is 0 Å². The molecule has 0 bridgehead atoms. The van der Waals surface area contributed by atoms with Gasteiger partial charge in [-0.1, -0.05) is 11.6 Å². The van der Waals surface area contributed by atoms with Crippen LogP contribution in [0.1, 0.15) is 28.3 Å². The van der Waals surface area contributed by atoms with Crippen molar-refractivity contribution in [2.24, 2.45) is 14.1 Å². The van der Waals surface area contributed by atoms with Crippen LogP contribution in [0.3, 0.4) is 0 Å². The van der Waals surface area contributed by atoms with Crippen LogP contribution in [0.15, 0.2) is 0 Å². The first-order valence-electron chi connectivity index (χ1n) is 6.66. The first kappa shape index (κ1) is 15.1. The number of halogens is 1. The Labute approximate surface area is 124 Å². The van der Waals surface area contributed by atoms with Crippen molar-refractivity contribution < 1.29 is 5.11 Å². The summed E-state index contributed by atoms with van der Waals surface area (Å²) in [5.74, 6) is 0. The number of aryl methyl sites for hydroxylation is 4. The van der Waals surface area contributed by atoms with E-state index in [1.54, 1.807) is 4.68 Å². The van der Waals surface area contributed by atoms with Crippen LogP contribution in [0, 0.1) is 20.8 Å². The molecule has 1 unspecified atom stereocenters. The van der Waals surface area contributed by atoms with Gasteiger partial charge in [0.1, 0.15) is 0 Å². The summed E-state index contributed by atoms with van der Waals surface area (Å²) in [6, 6.07) is 0. The minimum atomic E-state index is -0.496. The number of aliphatic hydroxyl groups excluding tert-OH is 1. The zero-order valence-electron chi connectivity index (χ0n) is 12.6. The summed E-state index contributed by atoms with van der Waals surface area (Å²) >= 11 is 6.22. The predicted molar refractivity (Wildman–Crippen MR) is 79.1 cm³/mol. The Balaban J connectivity index is 2.15. The van der Waals surface area contributed by atoms with Gasteiger partial charge in [0.15, 0.2) is 0 Å². The monoisotopic (exact) mass is 296 g/mol. The first-order chi connectivity index (χ1) is 9.31. The van der Waals surface area contributed by atoms with E-state index in [4.69, 9.17) is 11.6 Å². The Kier molecular flexibility index (Phi) is 4.20. The highest BCUT2D eigenvalue weighted by atomic mass is 35.5. The third kappa shape index (κ3) is 2.74. The lowest BCUT2D eigenvalue weighted by atomic mass is 10.0. The molecule has 0 saturated heterocycles. The highest BCUT2D eigenvalue weighted by Gasteiger charge is 2.18. The van der Waals surface area contributed by atoms with E-state index in [-0.39, 0.29) is 0 Å². The molecule has 0 spiro atoms. The van der Waals surface area contributed by atoms with E-state index < -0.39 is 6.10 Å². The standard InChI is InChI=1S/C14H21ClN4O/c1-8-12(10(3)18(4)16-8)6-11(20)7-13-14(15)9(2)17-19(13)5/h11,20H,6-7H2,1-5H3. The van der Waals surface area contributed by atoms with Gasteiger partial charge >= 0.3 is 0 Å². The first-order valence-corrected chi connectivity index (χ1v) is 7.04. The van der Waals surface area contributed by atoms with Gasteiger partial charge in [-0.3, -0.25) is 9.36 Å². The van der Waals surface area contributed by atoms with Crippen LogP contribution >= 0.6 is 11.6 Å². The summed E-state index contributed by atoms with van der Waals surface area (Å²) in [5.41, 5.74) is 4.83. The summed E-state index contributed by atoms with van der Waals surface area (Å²) in [5, 5.41) is 19.6. The fourth-order valence-electron chi connectivity index (χ4n) is 2.55. The fraction of sp³-hybridized carbons (Fsp3) is 0.571. The third-order valence-electron chi connectivity index (χ3n) is 3.79. The SMILES string of the molecule is Cc1nn(C)c(CC(O)Cc2c(C)nn(C)c2C)c1Cl. The Hall–Kier alpha value is -1.33. The average Bonchev–Trinajstić information content (AvgIpc) is 2.74. The molecule has 0 saturated carbocycles. The molecular formula is C14H21ClN4O. The highest BCUT2D eigenvalue weighted by molar-refractivity contribution is 6.31. The molecule has 0 aliphatic heterocycles. The average molecular weight is 297 g/mol. The largest absolute Gasteiger partial charge is 0.392 e. The van der Waals surface area contributed by atoms with Crippen LogP contribution in [0.25, 0.3) is 0 Å². The second-order valence-corrected chi connectivity index (χ2v) is 5.68. The molecule has 2 aromatic heterocycles. The van der Waals surface area contributed by atoms with Gasteiger partial charge < -0.3 is 5.11 Å².